The predicted octanol–water partition coefficient (Wildman–Crippen LogP) is 3.04. The third kappa shape index (κ3) is 5.85. The maximum Gasteiger partial charge on any atom is 0.224 e. The molecule has 0 N–H and O–H groups in total. The Hall–Kier alpha value is -1.80. The fraction of sp³-hybridized carbons (Fsp3) is 0.545. The van der Waals surface area contributed by atoms with Crippen molar-refractivity contribution >= 4 is 17.2 Å². The van der Waals surface area contributed by atoms with Crippen molar-refractivity contribution in [2.24, 2.45) is 0 Å². The summed E-state index contributed by atoms with van der Waals surface area (Å²) in [6, 6.07) is 10.3. The van der Waals surface area contributed by atoms with Crippen molar-refractivity contribution in [2.45, 2.75) is 31.9 Å². The monoisotopic (exact) mass is 415 g/mol. The lowest BCUT2D eigenvalue weighted by Gasteiger charge is -2.34. The van der Waals surface area contributed by atoms with Crippen LogP contribution in [0.3, 0.4) is 0 Å². The van der Waals surface area contributed by atoms with Crippen LogP contribution in [0, 0.1) is 0 Å². The molecule has 1 aromatic heterocycles. The number of benzene rings is 1. The highest BCUT2D eigenvalue weighted by atomic mass is 32.1. The van der Waals surface area contributed by atoms with E-state index in [-0.39, 0.29) is 12.0 Å². The third-order valence-electron chi connectivity index (χ3n) is 5.47. The number of carbonyl (C=O) groups is 1. The molecule has 156 valence electrons. The summed E-state index contributed by atoms with van der Waals surface area (Å²) in [6.45, 7) is 6.11. The van der Waals surface area contributed by atoms with E-state index in [9.17, 15) is 4.79 Å². The number of thiazole rings is 1. The molecule has 6 nitrogen and oxygen atoms in total. The Morgan fingerprint density at radius 3 is 2.79 bits per heavy atom. The van der Waals surface area contributed by atoms with Crippen LogP contribution in [0.4, 0.5) is 0 Å². The number of amides is 1. The Bertz CT molecular complexity index is 769. The van der Waals surface area contributed by atoms with Crippen molar-refractivity contribution in [3.8, 4) is 10.6 Å². The van der Waals surface area contributed by atoms with Gasteiger partial charge in [0.05, 0.1) is 31.4 Å². The molecular weight excluding hydrogens is 386 g/mol. The molecule has 0 spiro atoms. The molecular formula is C22H29N3O3S. The normalized spacial score (nSPS) is 20.3. The van der Waals surface area contributed by atoms with Crippen LogP contribution in [-0.2, 0) is 20.8 Å². The summed E-state index contributed by atoms with van der Waals surface area (Å²) in [4.78, 5) is 21.5. The number of ether oxygens (including phenoxy) is 2. The minimum Gasteiger partial charge on any atom is -0.378 e. The van der Waals surface area contributed by atoms with Gasteiger partial charge in [0, 0.05) is 50.3 Å². The van der Waals surface area contributed by atoms with Crippen LogP contribution in [0.15, 0.2) is 35.7 Å². The lowest BCUT2D eigenvalue weighted by atomic mass is 10.2. The molecule has 2 aliphatic rings. The van der Waals surface area contributed by atoms with E-state index in [1.165, 1.54) is 5.56 Å². The van der Waals surface area contributed by atoms with Gasteiger partial charge in [0.25, 0.3) is 0 Å². The van der Waals surface area contributed by atoms with Gasteiger partial charge in [-0.3, -0.25) is 9.69 Å². The van der Waals surface area contributed by atoms with E-state index in [4.69, 9.17) is 14.5 Å². The Morgan fingerprint density at radius 2 is 2.03 bits per heavy atom. The Morgan fingerprint density at radius 1 is 1.21 bits per heavy atom. The summed E-state index contributed by atoms with van der Waals surface area (Å²) in [6.07, 6.45) is 2.87. The number of carbonyl (C=O) groups excluding carboxylic acids is 1. The van der Waals surface area contributed by atoms with Crippen molar-refractivity contribution < 1.29 is 14.3 Å². The van der Waals surface area contributed by atoms with Crippen LogP contribution in [0.1, 0.15) is 25.0 Å². The number of piperazine rings is 1. The van der Waals surface area contributed by atoms with Crippen LogP contribution >= 0.6 is 11.3 Å². The van der Waals surface area contributed by atoms with Gasteiger partial charge in [-0.15, -0.1) is 11.3 Å². The van der Waals surface area contributed by atoms with E-state index >= 15 is 0 Å². The highest BCUT2D eigenvalue weighted by Gasteiger charge is 2.22. The largest absolute Gasteiger partial charge is 0.378 e. The van der Waals surface area contributed by atoms with Gasteiger partial charge >= 0.3 is 0 Å². The van der Waals surface area contributed by atoms with Crippen molar-refractivity contribution in [1.82, 2.24) is 14.8 Å². The molecule has 1 aromatic carbocycles. The maximum atomic E-state index is 12.4. The molecule has 0 saturated carbocycles. The first kappa shape index (κ1) is 20.5. The molecule has 1 unspecified atom stereocenters. The van der Waals surface area contributed by atoms with E-state index in [1.54, 1.807) is 11.3 Å². The molecule has 2 fully saturated rings. The third-order valence-corrected chi connectivity index (χ3v) is 6.41. The second-order valence-electron chi connectivity index (χ2n) is 7.63. The zero-order chi connectivity index (χ0) is 19.9. The first-order chi connectivity index (χ1) is 14.3. The summed E-state index contributed by atoms with van der Waals surface area (Å²) < 4.78 is 11.2. The van der Waals surface area contributed by atoms with Gasteiger partial charge in [-0.25, -0.2) is 4.98 Å². The van der Waals surface area contributed by atoms with Crippen LogP contribution in [0.2, 0.25) is 0 Å². The summed E-state index contributed by atoms with van der Waals surface area (Å²) in [5.74, 6) is 0.192. The second kappa shape index (κ2) is 10.3. The summed E-state index contributed by atoms with van der Waals surface area (Å²) in [5.41, 5.74) is 2.28. The van der Waals surface area contributed by atoms with Gasteiger partial charge in [-0.2, -0.15) is 0 Å². The average molecular weight is 416 g/mol. The fourth-order valence-electron chi connectivity index (χ4n) is 3.79. The van der Waals surface area contributed by atoms with Gasteiger partial charge < -0.3 is 14.4 Å². The Balaban J connectivity index is 1.16. The van der Waals surface area contributed by atoms with Crippen LogP contribution < -0.4 is 0 Å². The standard InChI is InChI=1S/C22H29N3O3S/c26-21(8-14-27-16-20-7-4-13-28-20)25-11-9-24(10-12-25)15-19-17-29-22(23-19)18-5-2-1-3-6-18/h1-3,5-6,17,20H,4,7-16H2. The summed E-state index contributed by atoms with van der Waals surface area (Å²) in [7, 11) is 0. The average Bonchev–Trinajstić information content (AvgIpc) is 3.44. The highest BCUT2D eigenvalue weighted by Crippen LogP contribution is 2.24. The molecule has 0 radical (unpaired) electrons. The van der Waals surface area contributed by atoms with Crippen LogP contribution in [-0.4, -0.2) is 72.8 Å². The van der Waals surface area contributed by atoms with Crippen molar-refractivity contribution in [2.75, 3.05) is 46.0 Å². The Kier molecular flexibility index (Phi) is 7.27. The molecule has 1 amide bonds. The molecule has 4 rings (SSSR count). The van der Waals surface area contributed by atoms with Gasteiger partial charge in [-0.05, 0) is 12.8 Å². The van der Waals surface area contributed by atoms with E-state index in [2.05, 4.69) is 22.4 Å². The number of hydrogen-bond acceptors (Lipinski definition) is 6. The van der Waals surface area contributed by atoms with E-state index in [0.717, 1.165) is 62.9 Å². The zero-order valence-electron chi connectivity index (χ0n) is 16.8. The number of aromatic nitrogens is 1. The predicted molar refractivity (Wildman–Crippen MR) is 114 cm³/mol. The van der Waals surface area contributed by atoms with Gasteiger partial charge in [0.1, 0.15) is 5.01 Å². The van der Waals surface area contributed by atoms with Gasteiger partial charge in [-0.1, -0.05) is 30.3 Å². The minimum atomic E-state index is 0.192. The number of nitrogens with zero attached hydrogens (tertiary/aromatic N) is 3. The first-order valence-corrected chi connectivity index (χ1v) is 11.4. The molecule has 0 aliphatic carbocycles. The van der Waals surface area contributed by atoms with E-state index in [1.807, 2.05) is 23.1 Å². The van der Waals surface area contributed by atoms with Crippen molar-refractivity contribution in [1.29, 1.82) is 0 Å². The van der Waals surface area contributed by atoms with Gasteiger partial charge in [0.15, 0.2) is 0 Å². The van der Waals surface area contributed by atoms with Gasteiger partial charge in [0.2, 0.25) is 5.91 Å². The van der Waals surface area contributed by atoms with Crippen LogP contribution in [0.5, 0.6) is 0 Å². The fourth-order valence-corrected chi connectivity index (χ4v) is 4.60. The molecule has 7 heteroatoms. The quantitative estimate of drug-likeness (QED) is 0.621. The molecule has 1 atom stereocenters. The Labute approximate surface area is 176 Å². The van der Waals surface area contributed by atoms with E-state index in [0.29, 0.717) is 19.6 Å². The molecule has 0 bridgehead atoms. The van der Waals surface area contributed by atoms with Crippen molar-refractivity contribution in [3.05, 3.63) is 41.4 Å². The second-order valence-corrected chi connectivity index (χ2v) is 8.49. The summed E-state index contributed by atoms with van der Waals surface area (Å²) in [5, 5.41) is 3.21. The minimum absolute atomic E-state index is 0.192. The maximum absolute atomic E-state index is 12.4. The molecule has 2 saturated heterocycles. The first-order valence-electron chi connectivity index (χ1n) is 10.5. The number of hydrogen-bond donors (Lipinski definition) is 0. The van der Waals surface area contributed by atoms with Crippen molar-refractivity contribution in [3.63, 3.8) is 0 Å². The lowest BCUT2D eigenvalue weighted by molar-refractivity contribution is -0.134. The molecule has 2 aliphatic heterocycles. The zero-order valence-corrected chi connectivity index (χ0v) is 17.6. The van der Waals surface area contributed by atoms with E-state index < -0.39 is 0 Å². The topological polar surface area (TPSA) is 54.9 Å². The molecule has 2 aromatic rings. The highest BCUT2D eigenvalue weighted by molar-refractivity contribution is 7.13. The number of rotatable bonds is 8. The summed E-state index contributed by atoms with van der Waals surface area (Å²) >= 11 is 1.69. The SMILES string of the molecule is O=C(CCOCC1CCCO1)N1CCN(Cc2csc(-c3ccccc3)n2)CC1. The smallest absolute Gasteiger partial charge is 0.224 e. The van der Waals surface area contributed by atoms with Crippen LogP contribution in [0.25, 0.3) is 10.6 Å². The lowest BCUT2D eigenvalue weighted by Crippen LogP contribution is -2.48. The molecule has 29 heavy (non-hydrogen) atoms. The molecule has 3 heterocycles.